The summed E-state index contributed by atoms with van der Waals surface area (Å²) in [5, 5.41) is 11.0. The molecule has 0 aliphatic heterocycles. The summed E-state index contributed by atoms with van der Waals surface area (Å²) < 4.78 is 19.6. The number of carbonyl (C=O) groups is 5. The minimum Gasteiger partial charge on any atom is -0.480 e. The fourth-order valence-electron chi connectivity index (χ4n) is 3.31. The number of alkyl carbamates (subject to hydrolysis) is 1. The first-order chi connectivity index (χ1) is 20.5. The van der Waals surface area contributed by atoms with E-state index in [4.69, 9.17) is 25.1 Å². The lowest BCUT2D eigenvalue weighted by Gasteiger charge is -2.14. The van der Waals surface area contributed by atoms with Crippen molar-refractivity contribution in [2.75, 3.05) is 6.61 Å². The second kappa shape index (κ2) is 18.3. The summed E-state index contributed by atoms with van der Waals surface area (Å²) >= 11 is 0. The summed E-state index contributed by atoms with van der Waals surface area (Å²) in [6.07, 6.45) is -0.540. The minimum atomic E-state index is -1.35. The van der Waals surface area contributed by atoms with E-state index in [0.29, 0.717) is 12.2 Å². The Balaban J connectivity index is 0.000000304. The van der Waals surface area contributed by atoms with Gasteiger partial charge >= 0.3 is 30.0 Å². The molecule has 0 aliphatic carbocycles. The summed E-state index contributed by atoms with van der Waals surface area (Å²) in [6.45, 7) is 2.26. The van der Waals surface area contributed by atoms with E-state index in [2.05, 4.69) is 10.1 Å². The first-order valence-corrected chi connectivity index (χ1v) is 13.1. The smallest absolute Gasteiger partial charge is 0.408 e. The second-order valence-corrected chi connectivity index (χ2v) is 9.04. The van der Waals surface area contributed by atoms with Crippen molar-refractivity contribution in [3.05, 3.63) is 102 Å². The van der Waals surface area contributed by atoms with Gasteiger partial charge in [-0.2, -0.15) is 0 Å². The van der Waals surface area contributed by atoms with Crippen molar-refractivity contribution >= 4 is 30.0 Å². The van der Waals surface area contributed by atoms with Gasteiger partial charge in [-0.05, 0) is 35.2 Å². The van der Waals surface area contributed by atoms with Crippen LogP contribution in [0.2, 0.25) is 0 Å². The number of nitrogens with two attached hydrogens (primary N) is 1. The maximum atomic E-state index is 11.9. The first-order valence-electron chi connectivity index (χ1n) is 13.1. The quantitative estimate of drug-likeness (QED) is 0.159. The maximum absolute atomic E-state index is 11.9. The van der Waals surface area contributed by atoms with Gasteiger partial charge in [-0.1, -0.05) is 72.8 Å². The molecule has 4 N–H and O–H groups in total. The van der Waals surface area contributed by atoms with Gasteiger partial charge in [0.2, 0.25) is 0 Å². The van der Waals surface area contributed by atoms with Crippen molar-refractivity contribution in [2.24, 2.45) is 5.73 Å². The molecule has 0 spiro atoms. The SMILES string of the molecule is CC(=O)OC[C@H](NC(=O)OCc1ccccc1)C(=O)O.CC(=O)Oc1ccc(C[C@H](N)C(=O)OCc2ccccc2)cc1. The number of carboxylic acids is 1. The molecule has 0 unspecified atom stereocenters. The molecule has 3 rings (SSSR count). The Morgan fingerprint density at radius 3 is 1.74 bits per heavy atom. The molecule has 0 aliphatic rings. The molecule has 12 heteroatoms. The highest BCUT2D eigenvalue weighted by Crippen LogP contribution is 2.14. The molecular formula is C31H34N2O10. The summed E-state index contributed by atoms with van der Waals surface area (Å²) in [6, 6.07) is 23.1. The Bertz CT molecular complexity index is 1330. The zero-order chi connectivity index (χ0) is 31.6. The highest BCUT2D eigenvalue weighted by molar-refractivity contribution is 5.80. The first kappa shape index (κ1) is 34.0. The normalized spacial score (nSPS) is 11.4. The predicted molar refractivity (Wildman–Crippen MR) is 153 cm³/mol. The van der Waals surface area contributed by atoms with Crippen LogP contribution in [-0.4, -0.2) is 53.8 Å². The van der Waals surface area contributed by atoms with Gasteiger partial charge in [-0.15, -0.1) is 0 Å². The van der Waals surface area contributed by atoms with Gasteiger partial charge in [0.1, 0.15) is 31.6 Å². The molecule has 0 heterocycles. The van der Waals surface area contributed by atoms with Crippen molar-refractivity contribution in [3.63, 3.8) is 0 Å². The van der Waals surface area contributed by atoms with Gasteiger partial charge in [-0.3, -0.25) is 14.4 Å². The molecule has 0 radical (unpaired) electrons. The Hall–Kier alpha value is -5.23. The number of esters is 3. The fourth-order valence-corrected chi connectivity index (χ4v) is 3.31. The van der Waals surface area contributed by atoms with Crippen LogP contribution in [0.4, 0.5) is 4.79 Å². The monoisotopic (exact) mass is 594 g/mol. The molecule has 3 aromatic carbocycles. The van der Waals surface area contributed by atoms with Crippen LogP contribution in [0.15, 0.2) is 84.9 Å². The standard InChI is InChI=1S/C18H19NO4.C13H15NO6/c1-13(20)23-16-9-7-14(8-10-16)11-17(19)18(21)22-12-15-5-3-2-4-6-15;1-9(15)19-8-11(12(16)17)14-13(18)20-7-10-5-3-2-4-6-10/h2-10,17H,11-12,19H2,1H3;2-6,11H,7-8H2,1H3,(H,14,18)(H,16,17)/t17-;11-/m00/s1. The summed E-state index contributed by atoms with van der Waals surface area (Å²) in [5.74, 6) is -2.31. The van der Waals surface area contributed by atoms with Crippen LogP contribution in [0, 0.1) is 0 Å². The van der Waals surface area contributed by atoms with Crippen LogP contribution < -0.4 is 15.8 Å². The number of hydrogen-bond donors (Lipinski definition) is 3. The summed E-state index contributed by atoms with van der Waals surface area (Å²) in [5.41, 5.74) is 8.43. The Morgan fingerprint density at radius 2 is 1.26 bits per heavy atom. The average Bonchev–Trinajstić information content (AvgIpc) is 2.98. The third-order valence-corrected chi connectivity index (χ3v) is 5.42. The van der Waals surface area contributed by atoms with Crippen molar-refractivity contribution in [3.8, 4) is 5.75 Å². The molecule has 1 amide bonds. The lowest BCUT2D eigenvalue weighted by molar-refractivity contribution is -0.148. The molecule has 2 atom stereocenters. The van der Waals surface area contributed by atoms with Gasteiger partial charge in [0.25, 0.3) is 0 Å². The van der Waals surface area contributed by atoms with Gasteiger partial charge < -0.3 is 35.1 Å². The van der Waals surface area contributed by atoms with E-state index < -0.39 is 42.7 Å². The highest BCUT2D eigenvalue weighted by Gasteiger charge is 2.22. The van der Waals surface area contributed by atoms with Gasteiger partial charge in [0.15, 0.2) is 6.04 Å². The van der Waals surface area contributed by atoms with Crippen LogP contribution in [0.5, 0.6) is 5.75 Å². The highest BCUT2D eigenvalue weighted by atomic mass is 16.6. The number of rotatable bonds is 12. The van der Waals surface area contributed by atoms with Crippen LogP contribution in [-0.2, 0) is 53.0 Å². The van der Waals surface area contributed by atoms with E-state index >= 15 is 0 Å². The number of ether oxygens (including phenoxy) is 4. The molecule has 43 heavy (non-hydrogen) atoms. The lowest BCUT2D eigenvalue weighted by Crippen LogP contribution is -2.44. The Morgan fingerprint density at radius 1 is 0.721 bits per heavy atom. The van der Waals surface area contributed by atoms with Crippen molar-refractivity contribution in [1.29, 1.82) is 0 Å². The zero-order valence-electron chi connectivity index (χ0n) is 23.8. The molecule has 0 saturated heterocycles. The number of amides is 1. The van der Waals surface area contributed by atoms with Crippen molar-refractivity contribution in [1.82, 2.24) is 5.32 Å². The average molecular weight is 595 g/mol. The zero-order valence-corrected chi connectivity index (χ0v) is 23.8. The molecule has 0 fully saturated rings. The number of benzene rings is 3. The predicted octanol–water partition coefficient (Wildman–Crippen LogP) is 3.15. The lowest BCUT2D eigenvalue weighted by atomic mass is 10.1. The largest absolute Gasteiger partial charge is 0.480 e. The van der Waals surface area contributed by atoms with Crippen LogP contribution in [0.25, 0.3) is 0 Å². The summed E-state index contributed by atoms with van der Waals surface area (Å²) in [4.78, 5) is 55.7. The van der Waals surface area contributed by atoms with E-state index in [0.717, 1.165) is 23.6 Å². The Kier molecular flexibility index (Phi) is 14.4. The molecule has 12 nitrogen and oxygen atoms in total. The molecule has 0 aromatic heterocycles. The topological polar surface area (TPSA) is 181 Å². The number of carbonyl (C=O) groups excluding carboxylic acids is 4. The van der Waals surface area contributed by atoms with E-state index in [1.165, 1.54) is 6.92 Å². The van der Waals surface area contributed by atoms with Crippen LogP contribution in [0.1, 0.15) is 30.5 Å². The molecule has 228 valence electrons. The van der Waals surface area contributed by atoms with Crippen LogP contribution >= 0.6 is 0 Å². The number of hydrogen-bond acceptors (Lipinski definition) is 10. The van der Waals surface area contributed by atoms with Crippen molar-refractivity contribution in [2.45, 2.75) is 45.6 Å². The van der Waals surface area contributed by atoms with E-state index in [9.17, 15) is 24.0 Å². The van der Waals surface area contributed by atoms with Crippen LogP contribution in [0.3, 0.4) is 0 Å². The summed E-state index contributed by atoms with van der Waals surface area (Å²) in [7, 11) is 0. The molecular weight excluding hydrogens is 560 g/mol. The van der Waals surface area contributed by atoms with E-state index in [1.807, 2.05) is 36.4 Å². The third-order valence-electron chi connectivity index (χ3n) is 5.42. The molecule has 0 bridgehead atoms. The van der Waals surface area contributed by atoms with Crippen molar-refractivity contribution < 1.29 is 48.0 Å². The second-order valence-electron chi connectivity index (χ2n) is 9.04. The fraction of sp³-hybridized carbons (Fsp3) is 0.258. The minimum absolute atomic E-state index is 0.0204. The van der Waals surface area contributed by atoms with Gasteiger partial charge in [0, 0.05) is 13.8 Å². The maximum Gasteiger partial charge on any atom is 0.408 e. The molecule has 3 aromatic rings. The van der Waals surface area contributed by atoms with Gasteiger partial charge in [0.05, 0.1) is 0 Å². The Labute approximate surface area is 248 Å². The van der Waals surface area contributed by atoms with E-state index in [1.54, 1.807) is 48.5 Å². The third kappa shape index (κ3) is 14.3. The number of carboxylic acid groups (broad SMARTS) is 1. The number of aliphatic carboxylic acids is 1. The van der Waals surface area contributed by atoms with E-state index in [-0.39, 0.29) is 19.2 Å². The number of nitrogens with one attached hydrogen (secondary N) is 1. The van der Waals surface area contributed by atoms with Gasteiger partial charge in [-0.25, -0.2) is 9.59 Å². The molecule has 0 saturated carbocycles.